The molecule has 3 heterocycles. The Morgan fingerprint density at radius 3 is 2.82 bits per heavy atom. The van der Waals surface area contributed by atoms with Gasteiger partial charge < -0.3 is 15.0 Å². The van der Waals surface area contributed by atoms with Gasteiger partial charge in [-0.3, -0.25) is 4.79 Å². The van der Waals surface area contributed by atoms with Gasteiger partial charge in [0, 0.05) is 23.2 Å². The molecule has 4 nitrogen and oxygen atoms in total. The fourth-order valence-electron chi connectivity index (χ4n) is 2.94. The van der Waals surface area contributed by atoms with E-state index >= 15 is 0 Å². The summed E-state index contributed by atoms with van der Waals surface area (Å²) in [5.74, 6) is 0.506. The second-order valence-corrected chi connectivity index (χ2v) is 7.47. The Labute approximate surface area is 141 Å². The molecule has 1 amide bonds. The van der Waals surface area contributed by atoms with Crippen LogP contribution in [0.2, 0.25) is 10.0 Å². The zero-order valence-corrected chi connectivity index (χ0v) is 13.8. The lowest BCUT2D eigenvalue weighted by molar-refractivity contribution is 0.0321. The number of likely N-dealkylation sites (tertiary alicyclic amines) is 1. The van der Waals surface area contributed by atoms with E-state index in [0.717, 1.165) is 10.1 Å². The Morgan fingerprint density at radius 2 is 2.18 bits per heavy atom. The number of benzene rings is 1. The Balaban J connectivity index is 1.61. The fraction of sp³-hybridized carbons (Fsp3) is 0.267. The second-order valence-electron chi connectivity index (χ2n) is 5.64. The molecule has 1 N–H and O–H groups in total. The van der Waals surface area contributed by atoms with Crippen LogP contribution in [0, 0.1) is 0 Å². The maximum Gasteiger partial charge on any atom is 0.265 e. The van der Waals surface area contributed by atoms with Crippen LogP contribution in [-0.2, 0) is 4.74 Å². The highest BCUT2D eigenvalue weighted by Crippen LogP contribution is 2.41. The van der Waals surface area contributed by atoms with E-state index in [0.29, 0.717) is 40.5 Å². The number of fused-ring (bicyclic) bond motifs is 1. The van der Waals surface area contributed by atoms with Gasteiger partial charge in [0.1, 0.15) is 17.0 Å². The summed E-state index contributed by atoms with van der Waals surface area (Å²) in [6.07, 6.45) is 0. The molecule has 0 bridgehead atoms. The number of hydrogen-bond acceptors (Lipinski definition) is 4. The molecule has 0 saturated carbocycles. The minimum atomic E-state index is -0.187. The predicted octanol–water partition coefficient (Wildman–Crippen LogP) is 3.49. The summed E-state index contributed by atoms with van der Waals surface area (Å²) < 4.78 is 6.27. The van der Waals surface area contributed by atoms with Gasteiger partial charge in [0.05, 0.1) is 10.0 Å². The first-order chi connectivity index (χ1) is 10.5. The number of nitrogens with zero attached hydrogens (tertiary/aromatic N) is 1. The molecule has 4 rings (SSSR count). The van der Waals surface area contributed by atoms with E-state index in [4.69, 9.17) is 27.9 Å². The minimum absolute atomic E-state index is 0.0628. The van der Waals surface area contributed by atoms with Crippen molar-refractivity contribution >= 4 is 50.5 Å². The lowest BCUT2D eigenvalue weighted by Crippen LogP contribution is -2.69. The number of thiophene rings is 1. The van der Waals surface area contributed by atoms with Crippen LogP contribution < -0.4 is 5.32 Å². The molecule has 0 atom stereocenters. The van der Waals surface area contributed by atoms with Crippen LogP contribution in [0.5, 0.6) is 0 Å². The van der Waals surface area contributed by atoms with Gasteiger partial charge in [-0.25, -0.2) is 0 Å². The van der Waals surface area contributed by atoms with Gasteiger partial charge in [0.25, 0.3) is 5.91 Å². The molecule has 1 aromatic carbocycles. The van der Waals surface area contributed by atoms with E-state index in [-0.39, 0.29) is 11.4 Å². The smallest absolute Gasteiger partial charge is 0.265 e. The molecule has 2 fully saturated rings. The molecule has 0 aliphatic carbocycles. The summed E-state index contributed by atoms with van der Waals surface area (Å²) in [6, 6.07) is 5.55. The van der Waals surface area contributed by atoms with Gasteiger partial charge in [-0.2, -0.15) is 0 Å². The van der Waals surface area contributed by atoms with E-state index in [9.17, 15) is 4.79 Å². The van der Waals surface area contributed by atoms with Crippen LogP contribution in [-0.4, -0.2) is 36.0 Å². The maximum atomic E-state index is 12.7. The zero-order chi connectivity index (χ0) is 15.5. The molecule has 114 valence electrons. The number of ether oxygens (including phenoxy) is 1. The number of amides is 1. The van der Waals surface area contributed by atoms with Crippen molar-refractivity contribution in [2.45, 2.75) is 5.54 Å². The summed E-state index contributed by atoms with van der Waals surface area (Å²) >= 11 is 13.9. The normalized spacial score (nSPS) is 19.2. The van der Waals surface area contributed by atoms with Gasteiger partial charge in [-0.05, 0) is 18.7 Å². The number of carbonyl (C=O) groups excluding carboxylic acids is 1. The second kappa shape index (κ2) is 4.78. The van der Waals surface area contributed by atoms with Crippen molar-refractivity contribution in [3.63, 3.8) is 0 Å². The Morgan fingerprint density at radius 1 is 1.41 bits per heavy atom. The molecular weight excluding hydrogens is 343 g/mol. The summed E-state index contributed by atoms with van der Waals surface area (Å²) in [4.78, 5) is 15.0. The quantitative estimate of drug-likeness (QED) is 0.852. The van der Waals surface area contributed by atoms with Crippen molar-refractivity contribution in [1.29, 1.82) is 0 Å². The molecule has 1 aromatic heterocycles. The lowest BCUT2D eigenvalue weighted by Gasteiger charge is -2.46. The van der Waals surface area contributed by atoms with Crippen LogP contribution in [0.1, 0.15) is 9.67 Å². The molecule has 1 spiro atoms. The Kier molecular flexibility index (Phi) is 3.08. The summed E-state index contributed by atoms with van der Waals surface area (Å²) in [5.41, 5.74) is -0.187. The highest BCUT2D eigenvalue weighted by molar-refractivity contribution is 7.21. The van der Waals surface area contributed by atoms with Crippen LogP contribution in [0.4, 0.5) is 0 Å². The largest absolute Gasteiger partial charge is 0.477 e. The third-order valence-electron chi connectivity index (χ3n) is 4.00. The lowest BCUT2D eigenvalue weighted by atomic mass is 9.91. The topological polar surface area (TPSA) is 41.6 Å². The fourth-order valence-corrected chi connectivity index (χ4v) is 4.86. The van der Waals surface area contributed by atoms with E-state index in [1.165, 1.54) is 11.3 Å². The SMILES string of the molecule is C=C1NC2(CO1)CN(C(=O)c1sc3cccc(Cl)c3c1Cl)C2. The van der Waals surface area contributed by atoms with Crippen molar-refractivity contribution in [3.05, 3.63) is 45.6 Å². The van der Waals surface area contributed by atoms with Gasteiger partial charge in [0.15, 0.2) is 5.88 Å². The highest BCUT2D eigenvalue weighted by atomic mass is 35.5. The average molecular weight is 355 g/mol. The Hall–Kier alpha value is -1.43. The maximum absolute atomic E-state index is 12.7. The summed E-state index contributed by atoms with van der Waals surface area (Å²) in [7, 11) is 0. The third kappa shape index (κ3) is 2.00. The van der Waals surface area contributed by atoms with Crippen molar-refractivity contribution in [2.24, 2.45) is 0 Å². The monoisotopic (exact) mass is 354 g/mol. The van der Waals surface area contributed by atoms with Crippen LogP contribution in [0.15, 0.2) is 30.7 Å². The van der Waals surface area contributed by atoms with Crippen molar-refractivity contribution in [1.82, 2.24) is 10.2 Å². The number of hydrogen-bond donors (Lipinski definition) is 1. The molecule has 2 saturated heterocycles. The molecule has 0 radical (unpaired) electrons. The van der Waals surface area contributed by atoms with E-state index in [2.05, 4.69) is 11.9 Å². The van der Waals surface area contributed by atoms with Gasteiger partial charge in [-0.15, -0.1) is 11.3 Å². The summed E-state index contributed by atoms with van der Waals surface area (Å²) in [5, 5.41) is 4.96. The number of rotatable bonds is 1. The minimum Gasteiger partial charge on any atom is -0.477 e. The first-order valence-corrected chi connectivity index (χ1v) is 8.32. The predicted molar refractivity (Wildman–Crippen MR) is 88.7 cm³/mol. The van der Waals surface area contributed by atoms with Crippen molar-refractivity contribution in [2.75, 3.05) is 19.7 Å². The molecular formula is C15H12Cl2N2O2S. The van der Waals surface area contributed by atoms with Gasteiger partial charge in [-0.1, -0.05) is 29.3 Å². The van der Waals surface area contributed by atoms with Gasteiger partial charge >= 0.3 is 0 Å². The van der Waals surface area contributed by atoms with Crippen molar-refractivity contribution in [3.8, 4) is 0 Å². The number of nitrogens with one attached hydrogen (secondary N) is 1. The van der Waals surface area contributed by atoms with E-state index < -0.39 is 0 Å². The standard InChI is InChI=1S/C15H12Cl2N2O2S/c1-8-18-15(7-21-8)5-19(6-15)14(20)13-12(17)11-9(16)3-2-4-10(11)22-13/h2-4,18H,1,5-7H2. The highest BCUT2D eigenvalue weighted by Gasteiger charge is 2.50. The molecule has 2 aliphatic heterocycles. The molecule has 22 heavy (non-hydrogen) atoms. The Bertz CT molecular complexity index is 811. The number of halogens is 2. The first kappa shape index (κ1) is 14.2. The molecule has 2 aliphatic rings. The zero-order valence-electron chi connectivity index (χ0n) is 11.5. The molecule has 0 unspecified atom stereocenters. The van der Waals surface area contributed by atoms with Gasteiger partial charge in [0.2, 0.25) is 0 Å². The van der Waals surface area contributed by atoms with E-state index in [1.54, 1.807) is 11.0 Å². The van der Waals surface area contributed by atoms with Crippen LogP contribution in [0.25, 0.3) is 10.1 Å². The molecule has 7 heteroatoms. The first-order valence-electron chi connectivity index (χ1n) is 6.75. The van der Waals surface area contributed by atoms with E-state index in [1.807, 2.05) is 12.1 Å². The van der Waals surface area contributed by atoms with Crippen LogP contribution >= 0.6 is 34.5 Å². The molecule has 2 aromatic rings. The average Bonchev–Trinajstić information content (AvgIpc) is 2.99. The third-order valence-corrected chi connectivity index (χ3v) is 5.95. The summed E-state index contributed by atoms with van der Waals surface area (Å²) in [6.45, 7) is 5.46. The number of carbonyl (C=O) groups is 1. The van der Waals surface area contributed by atoms with Crippen molar-refractivity contribution < 1.29 is 9.53 Å². The van der Waals surface area contributed by atoms with Crippen LogP contribution in [0.3, 0.4) is 0 Å².